The number of benzene rings is 1. The summed E-state index contributed by atoms with van der Waals surface area (Å²) in [6.07, 6.45) is 0.126. The standard InChI is InChI=1S/C13H21NO2/c1-3-15-9-11(2)16-10-13-6-4-5-12(7-13)8-14/h4-7,11H,3,8-10,14H2,1-2H3. The monoisotopic (exact) mass is 223 g/mol. The van der Waals surface area contributed by atoms with Crippen LogP contribution in [0.3, 0.4) is 0 Å². The fourth-order valence-electron chi connectivity index (χ4n) is 1.42. The summed E-state index contributed by atoms with van der Waals surface area (Å²) in [7, 11) is 0. The lowest BCUT2D eigenvalue weighted by molar-refractivity contribution is -0.0116. The smallest absolute Gasteiger partial charge is 0.0785 e. The number of hydrogen-bond acceptors (Lipinski definition) is 3. The first kappa shape index (κ1) is 13.2. The largest absolute Gasteiger partial charge is 0.379 e. The molecule has 0 saturated carbocycles. The average Bonchev–Trinajstić information content (AvgIpc) is 2.34. The molecule has 0 amide bonds. The molecule has 0 radical (unpaired) electrons. The number of ether oxygens (including phenoxy) is 2. The molecule has 0 fully saturated rings. The van der Waals surface area contributed by atoms with Crippen LogP contribution in [0.1, 0.15) is 25.0 Å². The Hall–Kier alpha value is -0.900. The van der Waals surface area contributed by atoms with Crippen LogP contribution in [0, 0.1) is 0 Å². The Morgan fingerprint density at radius 2 is 2.06 bits per heavy atom. The molecule has 0 saturated heterocycles. The molecule has 0 aliphatic rings. The highest BCUT2D eigenvalue weighted by molar-refractivity contribution is 5.22. The normalized spacial score (nSPS) is 12.7. The summed E-state index contributed by atoms with van der Waals surface area (Å²) in [5, 5.41) is 0. The van der Waals surface area contributed by atoms with E-state index >= 15 is 0 Å². The summed E-state index contributed by atoms with van der Waals surface area (Å²) >= 11 is 0. The van der Waals surface area contributed by atoms with Crippen molar-refractivity contribution in [2.75, 3.05) is 13.2 Å². The minimum absolute atomic E-state index is 0.126. The number of rotatable bonds is 7. The molecule has 0 aliphatic carbocycles. The summed E-state index contributed by atoms with van der Waals surface area (Å²) < 4.78 is 10.9. The lowest BCUT2D eigenvalue weighted by atomic mass is 10.1. The first-order valence-electron chi connectivity index (χ1n) is 5.73. The van der Waals surface area contributed by atoms with E-state index in [2.05, 4.69) is 6.07 Å². The van der Waals surface area contributed by atoms with Crippen molar-refractivity contribution >= 4 is 0 Å². The molecule has 0 aromatic heterocycles. The molecule has 1 unspecified atom stereocenters. The topological polar surface area (TPSA) is 44.5 Å². The van der Waals surface area contributed by atoms with E-state index in [1.54, 1.807) is 0 Å². The summed E-state index contributed by atoms with van der Waals surface area (Å²) in [4.78, 5) is 0. The van der Waals surface area contributed by atoms with E-state index in [9.17, 15) is 0 Å². The van der Waals surface area contributed by atoms with Gasteiger partial charge in [-0.05, 0) is 25.0 Å². The van der Waals surface area contributed by atoms with Crippen LogP contribution in [0.5, 0.6) is 0 Å². The van der Waals surface area contributed by atoms with Crippen LogP contribution in [0.2, 0.25) is 0 Å². The van der Waals surface area contributed by atoms with Crippen molar-refractivity contribution in [3.63, 3.8) is 0 Å². The number of hydrogen-bond donors (Lipinski definition) is 1. The highest BCUT2D eigenvalue weighted by Crippen LogP contribution is 2.07. The summed E-state index contributed by atoms with van der Waals surface area (Å²) in [6, 6.07) is 8.15. The second kappa shape index (κ2) is 7.39. The Labute approximate surface area is 97.6 Å². The first-order valence-corrected chi connectivity index (χ1v) is 5.73. The second-order valence-electron chi connectivity index (χ2n) is 3.81. The molecule has 0 aliphatic heterocycles. The molecule has 90 valence electrons. The number of nitrogens with two attached hydrogens (primary N) is 1. The van der Waals surface area contributed by atoms with Crippen LogP contribution >= 0.6 is 0 Å². The van der Waals surface area contributed by atoms with Crippen LogP contribution in [0.4, 0.5) is 0 Å². The van der Waals surface area contributed by atoms with Gasteiger partial charge in [0, 0.05) is 13.2 Å². The Bertz CT molecular complexity index is 302. The Morgan fingerprint density at radius 1 is 1.31 bits per heavy atom. The molecule has 1 aromatic carbocycles. The maximum atomic E-state index is 5.66. The van der Waals surface area contributed by atoms with E-state index in [0.29, 0.717) is 19.8 Å². The van der Waals surface area contributed by atoms with Gasteiger partial charge in [0.15, 0.2) is 0 Å². The van der Waals surface area contributed by atoms with Crippen molar-refractivity contribution in [3.05, 3.63) is 35.4 Å². The van der Waals surface area contributed by atoms with Gasteiger partial charge in [-0.3, -0.25) is 0 Å². The zero-order chi connectivity index (χ0) is 11.8. The van der Waals surface area contributed by atoms with E-state index in [1.165, 1.54) is 0 Å². The van der Waals surface area contributed by atoms with Crippen molar-refractivity contribution in [2.45, 2.75) is 33.1 Å². The Balaban J connectivity index is 2.35. The van der Waals surface area contributed by atoms with Crippen molar-refractivity contribution < 1.29 is 9.47 Å². The lowest BCUT2D eigenvalue weighted by Gasteiger charge is -2.13. The van der Waals surface area contributed by atoms with Crippen molar-refractivity contribution in [2.24, 2.45) is 5.73 Å². The zero-order valence-corrected chi connectivity index (χ0v) is 10.1. The second-order valence-corrected chi connectivity index (χ2v) is 3.81. The minimum Gasteiger partial charge on any atom is -0.379 e. The van der Waals surface area contributed by atoms with Crippen molar-refractivity contribution in [3.8, 4) is 0 Å². The highest BCUT2D eigenvalue weighted by Gasteiger charge is 2.02. The van der Waals surface area contributed by atoms with E-state index in [-0.39, 0.29) is 6.10 Å². The van der Waals surface area contributed by atoms with Gasteiger partial charge in [-0.1, -0.05) is 24.3 Å². The molecule has 3 heteroatoms. The van der Waals surface area contributed by atoms with Gasteiger partial charge in [-0.2, -0.15) is 0 Å². The molecule has 3 nitrogen and oxygen atoms in total. The van der Waals surface area contributed by atoms with Crippen LogP contribution in [0.15, 0.2) is 24.3 Å². The quantitative estimate of drug-likeness (QED) is 0.769. The molecule has 1 atom stereocenters. The maximum absolute atomic E-state index is 5.66. The van der Waals surface area contributed by atoms with Crippen LogP contribution < -0.4 is 5.73 Å². The molecule has 1 rings (SSSR count). The third kappa shape index (κ3) is 4.75. The van der Waals surface area contributed by atoms with E-state index in [0.717, 1.165) is 17.7 Å². The SMILES string of the molecule is CCOCC(C)OCc1cccc(CN)c1. The summed E-state index contributed by atoms with van der Waals surface area (Å²) in [6.45, 7) is 6.56. The molecule has 2 N–H and O–H groups in total. The van der Waals surface area contributed by atoms with Gasteiger partial charge in [0.25, 0.3) is 0 Å². The molecule has 0 bridgehead atoms. The predicted molar refractivity (Wildman–Crippen MR) is 65.1 cm³/mol. The highest BCUT2D eigenvalue weighted by atomic mass is 16.5. The van der Waals surface area contributed by atoms with E-state index in [4.69, 9.17) is 15.2 Å². The summed E-state index contributed by atoms with van der Waals surface area (Å²) in [5.41, 5.74) is 7.88. The average molecular weight is 223 g/mol. The van der Waals surface area contributed by atoms with Crippen LogP contribution in [-0.2, 0) is 22.6 Å². The fraction of sp³-hybridized carbons (Fsp3) is 0.538. The van der Waals surface area contributed by atoms with Gasteiger partial charge >= 0.3 is 0 Å². The molecular formula is C13H21NO2. The molecule has 1 aromatic rings. The molecule has 0 heterocycles. The van der Waals surface area contributed by atoms with Crippen molar-refractivity contribution in [1.29, 1.82) is 0 Å². The van der Waals surface area contributed by atoms with Crippen molar-refractivity contribution in [1.82, 2.24) is 0 Å². The van der Waals surface area contributed by atoms with Crippen LogP contribution in [0.25, 0.3) is 0 Å². The van der Waals surface area contributed by atoms with E-state index in [1.807, 2.05) is 32.0 Å². The van der Waals surface area contributed by atoms with Crippen LogP contribution in [-0.4, -0.2) is 19.3 Å². The molecule has 0 spiro atoms. The maximum Gasteiger partial charge on any atom is 0.0785 e. The van der Waals surface area contributed by atoms with Gasteiger partial charge in [0.1, 0.15) is 0 Å². The first-order chi connectivity index (χ1) is 7.76. The fourth-order valence-corrected chi connectivity index (χ4v) is 1.42. The molecule has 16 heavy (non-hydrogen) atoms. The summed E-state index contributed by atoms with van der Waals surface area (Å²) in [5.74, 6) is 0. The van der Waals surface area contributed by atoms with E-state index < -0.39 is 0 Å². The molecular weight excluding hydrogens is 202 g/mol. The minimum atomic E-state index is 0.126. The van der Waals surface area contributed by atoms with Gasteiger partial charge in [-0.15, -0.1) is 0 Å². The Morgan fingerprint density at radius 3 is 2.75 bits per heavy atom. The van der Waals surface area contributed by atoms with Gasteiger partial charge < -0.3 is 15.2 Å². The van der Waals surface area contributed by atoms with Gasteiger partial charge in [0.05, 0.1) is 19.3 Å². The third-order valence-corrected chi connectivity index (χ3v) is 2.32. The van der Waals surface area contributed by atoms with Gasteiger partial charge in [-0.25, -0.2) is 0 Å². The Kier molecular flexibility index (Phi) is 6.08. The predicted octanol–water partition coefficient (Wildman–Crippen LogP) is 2.09. The third-order valence-electron chi connectivity index (χ3n) is 2.32. The zero-order valence-electron chi connectivity index (χ0n) is 10.1. The lowest BCUT2D eigenvalue weighted by Crippen LogP contribution is -2.15. The van der Waals surface area contributed by atoms with Gasteiger partial charge in [0.2, 0.25) is 0 Å².